The van der Waals surface area contributed by atoms with Crippen molar-refractivity contribution >= 4 is 11.9 Å². The van der Waals surface area contributed by atoms with E-state index >= 15 is 0 Å². The zero-order chi connectivity index (χ0) is 44.9. The van der Waals surface area contributed by atoms with Crippen LogP contribution in [-0.2, 0) is 23.8 Å². The molecular weight excluding hydrogens is 765 g/mol. The van der Waals surface area contributed by atoms with Gasteiger partial charge in [-0.3, -0.25) is 9.59 Å². The minimum atomic E-state index is -0.548. The first-order valence-electron chi connectivity index (χ1n) is 27.2. The highest BCUT2D eigenvalue weighted by molar-refractivity contribution is 5.70. The Hall–Kier alpha value is -2.14. The Kier molecular flexibility index (Phi) is 51.4. The minimum absolute atomic E-state index is 0.0774. The van der Waals surface area contributed by atoms with Gasteiger partial charge in [0.25, 0.3) is 0 Å². The van der Waals surface area contributed by atoms with E-state index in [0.29, 0.717) is 19.4 Å². The van der Waals surface area contributed by atoms with E-state index in [2.05, 4.69) is 69.4 Å². The first-order valence-corrected chi connectivity index (χ1v) is 27.2. The second-order valence-electron chi connectivity index (χ2n) is 18.1. The van der Waals surface area contributed by atoms with Crippen molar-refractivity contribution in [3.8, 4) is 0 Å². The third-order valence-corrected chi connectivity index (χ3v) is 11.9. The maximum atomic E-state index is 12.8. The summed E-state index contributed by atoms with van der Waals surface area (Å²) in [5, 5.41) is 0. The molecule has 0 saturated carbocycles. The number of ether oxygens (including phenoxy) is 3. The van der Waals surface area contributed by atoms with Crippen molar-refractivity contribution in [3.05, 3.63) is 48.6 Å². The largest absolute Gasteiger partial charge is 0.462 e. The summed E-state index contributed by atoms with van der Waals surface area (Å²) in [6, 6.07) is 0. The summed E-state index contributed by atoms with van der Waals surface area (Å²) in [4.78, 5) is 25.4. The molecule has 0 aromatic heterocycles. The van der Waals surface area contributed by atoms with Gasteiger partial charge in [0.15, 0.2) is 6.10 Å². The van der Waals surface area contributed by atoms with Crippen LogP contribution in [0.25, 0.3) is 0 Å². The van der Waals surface area contributed by atoms with Crippen molar-refractivity contribution < 1.29 is 23.8 Å². The Morgan fingerprint density at radius 2 is 0.726 bits per heavy atom. The zero-order valence-electron chi connectivity index (χ0n) is 41.6. The smallest absolute Gasteiger partial charge is 0.306 e. The molecule has 0 saturated heterocycles. The van der Waals surface area contributed by atoms with Crippen LogP contribution in [0.1, 0.15) is 278 Å². The number of allylic oxidation sites excluding steroid dienone is 8. The molecule has 0 radical (unpaired) electrons. The van der Waals surface area contributed by atoms with Crippen LogP contribution >= 0.6 is 0 Å². The van der Waals surface area contributed by atoms with Gasteiger partial charge in [-0.15, -0.1) is 0 Å². The van der Waals surface area contributed by atoms with Crippen molar-refractivity contribution in [1.82, 2.24) is 0 Å². The molecule has 0 fully saturated rings. The summed E-state index contributed by atoms with van der Waals surface area (Å²) in [6.07, 6.45) is 65.5. The predicted molar refractivity (Wildman–Crippen MR) is 270 cm³/mol. The fourth-order valence-corrected chi connectivity index (χ4v) is 7.86. The van der Waals surface area contributed by atoms with E-state index in [1.807, 2.05) is 0 Å². The molecule has 0 heterocycles. The van der Waals surface area contributed by atoms with Gasteiger partial charge in [0, 0.05) is 19.4 Å². The van der Waals surface area contributed by atoms with Gasteiger partial charge in [-0.1, -0.05) is 256 Å². The molecule has 1 unspecified atom stereocenters. The lowest BCUT2D eigenvalue weighted by molar-refractivity contribution is -0.163. The molecule has 0 aliphatic heterocycles. The van der Waals surface area contributed by atoms with Gasteiger partial charge < -0.3 is 14.2 Å². The van der Waals surface area contributed by atoms with Gasteiger partial charge in [-0.2, -0.15) is 0 Å². The number of hydrogen-bond acceptors (Lipinski definition) is 5. The van der Waals surface area contributed by atoms with Crippen LogP contribution in [0.15, 0.2) is 48.6 Å². The standard InChI is InChI=1S/C57H104O5/c1-4-7-10-13-16-19-22-25-28-31-34-37-40-43-46-49-52-60-53-55(62-57(59)51-48-45-42-39-36-33-30-27-24-21-18-15-12-9-6-3)54-61-56(58)50-47-44-41-38-35-32-29-26-23-20-17-14-11-8-5-2/h7,10,16,19,25,28,34,37,55H,4-6,8-9,11-15,17-18,20-24,26-27,29-33,35-36,38-54H2,1-3H3/b10-7-,19-16-,28-25-,37-34-. The quantitative estimate of drug-likeness (QED) is 0.0346. The Labute approximate surface area is 386 Å². The zero-order valence-corrected chi connectivity index (χ0v) is 41.6. The third-order valence-electron chi connectivity index (χ3n) is 11.9. The Morgan fingerprint density at radius 3 is 1.15 bits per heavy atom. The van der Waals surface area contributed by atoms with E-state index in [-0.39, 0.29) is 25.2 Å². The van der Waals surface area contributed by atoms with E-state index in [1.54, 1.807) is 0 Å². The van der Waals surface area contributed by atoms with Gasteiger partial charge in [0.1, 0.15) is 6.61 Å². The monoisotopic (exact) mass is 869 g/mol. The van der Waals surface area contributed by atoms with E-state index in [9.17, 15) is 9.59 Å². The summed E-state index contributed by atoms with van der Waals surface area (Å²) in [5.41, 5.74) is 0. The highest BCUT2D eigenvalue weighted by Crippen LogP contribution is 2.16. The van der Waals surface area contributed by atoms with Gasteiger partial charge in [0.2, 0.25) is 0 Å². The van der Waals surface area contributed by atoms with Crippen molar-refractivity contribution in [2.75, 3.05) is 19.8 Å². The summed E-state index contributed by atoms with van der Waals surface area (Å²) in [7, 11) is 0. The average molecular weight is 869 g/mol. The predicted octanol–water partition coefficient (Wildman–Crippen LogP) is 18.3. The molecule has 1 atom stereocenters. The van der Waals surface area contributed by atoms with Crippen molar-refractivity contribution in [2.45, 2.75) is 284 Å². The number of carbonyl (C=O) groups excluding carboxylic acids is 2. The molecule has 0 spiro atoms. The molecule has 362 valence electrons. The Morgan fingerprint density at radius 1 is 0.371 bits per heavy atom. The van der Waals surface area contributed by atoms with Gasteiger partial charge in [-0.25, -0.2) is 0 Å². The van der Waals surface area contributed by atoms with Crippen LogP contribution < -0.4 is 0 Å². The van der Waals surface area contributed by atoms with Crippen LogP contribution in [0.5, 0.6) is 0 Å². The number of hydrogen-bond donors (Lipinski definition) is 0. The second kappa shape index (κ2) is 53.2. The lowest BCUT2D eigenvalue weighted by atomic mass is 10.0. The first-order chi connectivity index (χ1) is 30.6. The first kappa shape index (κ1) is 59.9. The highest BCUT2D eigenvalue weighted by Gasteiger charge is 2.17. The molecule has 0 bridgehead atoms. The highest BCUT2D eigenvalue weighted by atomic mass is 16.6. The van der Waals surface area contributed by atoms with Gasteiger partial charge in [0.05, 0.1) is 6.61 Å². The molecule has 0 rings (SSSR count). The molecule has 0 aliphatic carbocycles. The Balaban J connectivity index is 4.29. The van der Waals surface area contributed by atoms with Crippen molar-refractivity contribution in [1.29, 1.82) is 0 Å². The van der Waals surface area contributed by atoms with Crippen LogP contribution in [0.4, 0.5) is 0 Å². The maximum Gasteiger partial charge on any atom is 0.306 e. The van der Waals surface area contributed by atoms with Crippen LogP contribution in [0.2, 0.25) is 0 Å². The average Bonchev–Trinajstić information content (AvgIpc) is 3.27. The summed E-state index contributed by atoms with van der Waals surface area (Å²) in [5.74, 6) is -0.399. The molecule has 5 nitrogen and oxygen atoms in total. The van der Waals surface area contributed by atoms with Crippen LogP contribution in [0.3, 0.4) is 0 Å². The lowest BCUT2D eigenvalue weighted by Gasteiger charge is -2.18. The van der Waals surface area contributed by atoms with Crippen LogP contribution in [-0.4, -0.2) is 37.9 Å². The molecule has 0 aromatic rings. The fourth-order valence-electron chi connectivity index (χ4n) is 7.86. The SMILES string of the molecule is CC/C=C\C/C=C\C/C=C\C/C=C\CCCCCOCC(COC(=O)CCCCCCCCCCCCCCCCC)OC(=O)CCCCCCCCCCCCCCCCC. The number of esters is 2. The molecule has 62 heavy (non-hydrogen) atoms. The second-order valence-corrected chi connectivity index (χ2v) is 18.1. The fraction of sp³-hybridized carbons (Fsp3) is 0.825. The number of rotatable bonds is 50. The molecule has 0 aromatic carbocycles. The van der Waals surface area contributed by atoms with Crippen molar-refractivity contribution in [3.63, 3.8) is 0 Å². The molecule has 0 N–H and O–H groups in total. The van der Waals surface area contributed by atoms with Gasteiger partial charge in [-0.05, 0) is 57.8 Å². The summed E-state index contributed by atoms with van der Waals surface area (Å²) < 4.78 is 17.4. The van der Waals surface area contributed by atoms with E-state index in [0.717, 1.165) is 77.0 Å². The van der Waals surface area contributed by atoms with E-state index in [1.165, 1.54) is 167 Å². The molecular formula is C57H104O5. The van der Waals surface area contributed by atoms with E-state index < -0.39 is 6.10 Å². The third kappa shape index (κ3) is 50.5. The summed E-state index contributed by atoms with van der Waals surface area (Å²) >= 11 is 0. The number of unbranched alkanes of at least 4 members (excludes halogenated alkanes) is 31. The lowest BCUT2D eigenvalue weighted by Crippen LogP contribution is -2.30. The molecule has 0 aliphatic rings. The number of carbonyl (C=O) groups is 2. The van der Waals surface area contributed by atoms with Crippen LogP contribution in [0, 0.1) is 0 Å². The molecule has 5 heteroatoms. The maximum absolute atomic E-state index is 12.8. The summed E-state index contributed by atoms with van der Waals surface area (Å²) in [6.45, 7) is 7.69. The Bertz CT molecular complexity index is 1030. The van der Waals surface area contributed by atoms with Gasteiger partial charge >= 0.3 is 11.9 Å². The molecule has 0 amide bonds. The minimum Gasteiger partial charge on any atom is -0.462 e. The van der Waals surface area contributed by atoms with E-state index in [4.69, 9.17) is 14.2 Å². The topological polar surface area (TPSA) is 61.8 Å². The van der Waals surface area contributed by atoms with Crippen molar-refractivity contribution in [2.24, 2.45) is 0 Å². The normalized spacial score (nSPS) is 12.5.